The highest BCUT2D eigenvalue weighted by Crippen LogP contribution is 2.30. The number of benzene rings is 2. The zero-order valence-electron chi connectivity index (χ0n) is 16.4. The lowest BCUT2D eigenvalue weighted by Crippen LogP contribution is -2.53. The van der Waals surface area contributed by atoms with Crippen LogP contribution in [-0.2, 0) is 30.7 Å². The van der Waals surface area contributed by atoms with E-state index in [1.54, 1.807) is 31.2 Å². The van der Waals surface area contributed by atoms with Gasteiger partial charge in [0.1, 0.15) is 5.82 Å². The Labute approximate surface area is 183 Å². The van der Waals surface area contributed by atoms with Gasteiger partial charge >= 0.3 is 0 Å². The molecule has 1 fully saturated rings. The zero-order valence-corrected chi connectivity index (χ0v) is 18.1. The standard InChI is InChI=1S/C20H23FN2O5S2.CH4/c1-15-13-16-3-2-4-19(14-16)30(26,27)28-20(15)29(24,25)23-11-9-22(10-12-23)18-7-5-17(21)6-8-18;/h2-8,14-15,20H,9-13H2,1H3;1H4. The van der Waals surface area contributed by atoms with E-state index in [0.717, 1.165) is 11.3 Å². The fourth-order valence-corrected chi connectivity index (χ4v) is 7.36. The van der Waals surface area contributed by atoms with Crippen LogP contribution in [0.25, 0.3) is 0 Å². The van der Waals surface area contributed by atoms with Crippen molar-refractivity contribution in [3.63, 3.8) is 0 Å². The molecule has 0 amide bonds. The van der Waals surface area contributed by atoms with Gasteiger partial charge in [-0.15, -0.1) is 0 Å². The van der Waals surface area contributed by atoms with E-state index in [4.69, 9.17) is 4.18 Å². The number of fused-ring (bicyclic) bond motifs is 2. The van der Waals surface area contributed by atoms with Crippen molar-refractivity contribution in [2.75, 3.05) is 31.1 Å². The first-order chi connectivity index (χ1) is 14.2. The number of piperazine rings is 1. The van der Waals surface area contributed by atoms with Crippen LogP contribution in [0.2, 0.25) is 0 Å². The van der Waals surface area contributed by atoms with Gasteiger partial charge in [0.2, 0.25) is 10.0 Å². The molecule has 2 aromatic rings. The summed E-state index contributed by atoms with van der Waals surface area (Å²) < 4.78 is 71.6. The summed E-state index contributed by atoms with van der Waals surface area (Å²) in [6.45, 7) is 2.90. The number of hydrogen-bond acceptors (Lipinski definition) is 6. The van der Waals surface area contributed by atoms with Crippen LogP contribution in [0.1, 0.15) is 19.9 Å². The van der Waals surface area contributed by atoms with Crippen molar-refractivity contribution in [2.24, 2.45) is 5.92 Å². The lowest BCUT2D eigenvalue weighted by Gasteiger charge is -2.38. The average Bonchev–Trinajstić information content (AvgIpc) is 2.72. The predicted molar refractivity (Wildman–Crippen MR) is 117 cm³/mol. The lowest BCUT2D eigenvalue weighted by molar-refractivity contribution is 0.204. The smallest absolute Gasteiger partial charge is 0.298 e. The summed E-state index contributed by atoms with van der Waals surface area (Å²) in [6.07, 6.45) is 0.392. The van der Waals surface area contributed by atoms with E-state index in [0.29, 0.717) is 19.5 Å². The quantitative estimate of drug-likeness (QED) is 0.642. The molecule has 2 aliphatic heterocycles. The average molecular weight is 471 g/mol. The first kappa shape index (κ1) is 23.6. The number of nitrogens with zero attached hydrogens (tertiary/aromatic N) is 2. The van der Waals surface area contributed by atoms with Gasteiger partial charge in [0.15, 0.2) is 5.44 Å². The Morgan fingerprint density at radius 1 is 1.03 bits per heavy atom. The molecule has 2 aromatic carbocycles. The molecule has 0 spiro atoms. The molecular weight excluding hydrogens is 443 g/mol. The van der Waals surface area contributed by atoms with Gasteiger partial charge in [0.05, 0.1) is 4.90 Å². The third-order valence-corrected chi connectivity index (χ3v) is 9.16. The molecule has 4 rings (SSSR count). The molecule has 7 nitrogen and oxygen atoms in total. The van der Waals surface area contributed by atoms with E-state index >= 15 is 0 Å². The fraction of sp³-hybridized carbons (Fsp3) is 0.429. The second-order valence-electron chi connectivity index (χ2n) is 7.66. The third-order valence-electron chi connectivity index (χ3n) is 5.51. The molecule has 2 heterocycles. The number of hydrogen-bond donors (Lipinski definition) is 0. The van der Waals surface area contributed by atoms with Gasteiger partial charge < -0.3 is 4.90 Å². The first-order valence-electron chi connectivity index (χ1n) is 9.68. The molecule has 10 heteroatoms. The molecule has 170 valence electrons. The van der Waals surface area contributed by atoms with E-state index in [1.807, 2.05) is 4.90 Å². The van der Waals surface area contributed by atoms with Gasteiger partial charge in [0.25, 0.3) is 10.1 Å². The van der Waals surface area contributed by atoms with E-state index in [9.17, 15) is 21.2 Å². The number of rotatable bonds is 3. The van der Waals surface area contributed by atoms with Crippen molar-refractivity contribution < 1.29 is 25.4 Å². The molecule has 2 unspecified atom stereocenters. The maximum Gasteiger partial charge on any atom is 0.298 e. The van der Waals surface area contributed by atoms with Crippen molar-refractivity contribution in [3.8, 4) is 0 Å². The number of halogens is 1. The zero-order chi connectivity index (χ0) is 21.5. The minimum atomic E-state index is -4.20. The van der Waals surface area contributed by atoms with Crippen LogP contribution in [0.4, 0.5) is 10.1 Å². The van der Waals surface area contributed by atoms with E-state index in [2.05, 4.69) is 0 Å². The van der Waals surface area contributed by atoms with Crippen LogP contribution >= 0.6 is 0 Å². The Kier molecular flexibility index (Phi) is 6.75. The summed E-state index contributed by atoms with van der Waals surface area (Å²) in [5, 5.41) is 0. The fourth-order valence-electron chi connectivity index (χ4n) is 3.91. The molecule has 2 bridgehead atoms. The first-order valence-corrected chi connectivity index (χ1v) is 12.6. The molecule has 1 saturated heterocycles. The highest BCUT2D eigenvalue weighted by Gasteiger charge is 2.42. The Bertz CT molecular complexity index is 1130. The van der Waals surface area contributed by atoms with Crippen LogP contribution in [0, 0.1) is 11.7 Å². The topological polar surface area (TPSA) is 84.0 Å². The minimum Gasteiger partial charge on any atom is -0.369 e. The SMILES string of the molecule is C.CC1Cc2cccc(c2)S(=O)(=O)OC1S(=O)(=O)N1CCN(c2ccc(F)cc2)CC1. The van der Waals surface area contributed by atoms with Crippen molar-refractivity contribution in [1.82, 2.24) is 4.31 Å². The van der Waals surface area contributed by atoms with Gasteiger partial charge in [-0.3, -0.25) is 0 Å². The summed E-state index contributed by atoms with van der Waals surface area (Å²) in [5.74, 6) is -0.878. The number of anilines is 1. The van der Waals surface area contributed by atoms with Crippen LogP contribution in [0.3, 0.4) is 0 Å². The van der Waals surface area contributed by atoms with Crippen molar-refractivity contribution in [1.29, 1.82) is 0 Å². The summed E-state index contributed by atoms with van der Waals surface area (Å²) in [7, 11) is -8.22. The Morgan fingerprint density at radius 3 is 2.32 bits per heavy atom. The molecule has 0 saturated carbocycles. The second kappa shape index (κ2) is 8.85. The second-order valence-corrected chi connectivity index (χ2v) is 11.2. The molecular formula is C21H27FN2O5S2. The largest absolute Gasteiger partial charge is 0.369 e. The normalized spacial score (nSPS) is 24.0. The molecule has 2 aliphatic rings. The maximum atomic E-state index is 13.3. The highest BCUT2D eigenvalue weighted by atomic mass is 32.2. The molecule has 31 heavy (non-hydrogen) atoms. The summed E-state index contributed by atoms with van der Waals surface area (Å²) in [5.41, 5.74) is 0.0803. The molecule has 2 atom stereocenters. The summed E-state index contributed by atoms with van der Waals surface area (Å²) in [4.78, 5) is 1.93. The predicted octanol–water partition coefficient (Wildman–Crippen LogP) is 2.84. The van der Waals surface area contributed by atoms with Gasteiger partial charge in [-0.05, 0) is 48.4 Å². The molecule has 0 radical (unpaired) electrons. The van der Waals surface area contributed by atoms with Gasteiger partial charge in [-0.2, -0.15) is 12.7 Å². The Balaban J connectivity index is 0.00000272. The number of sulfonamides is 1. The van der Waals surface area contributed by atoms with Gasteiger partial charge in [-0.25, -0.2) is 17.0 Å². The Morgan fingerprint density at radius 2 is 1.68 bits per heavy atom. The van der Waals surface area contributed by atoms with E-state index < -0.39 is 31.5 Å². The lowest BCUT2D eigenvalue weighted by atomic mass is 10.0. The van der Waals surface area contributed by atoms with Crippen LogP contribution < -0.4 is 4.90 Å². The van der Waals surface area contributed by atoms with E-state index in [1.165, 1.54) is 28.6 Å². The summed E-state index contributed by atoms with van der Waals surface area (Å²) in [6, 6.07) is 12.4. The van der Waals surface area contributed by atoms with Gasteiger partial charge in [0, 0.05) is 37.8 Å². The highest BCUT2D eigenvalue weighted by molar-refractivity contribution is 7.91. The van der Waals surface area contributed by atoms with Crippen LogP contribution in [-0.4, -0.2) is 52.8 Å². The molecule has 0 aliphatic carbocycles. The van der Waals surface area contributed by atoms with Crippen molar-refractivity contribution in [2.45, 2.75) is 31.1 Å². The van der Waals surface area contributed by atoms with Crippen molar-refractivity contribution >= 4 is 25.8 Å². The molecule has 0 N–H and O–H groups in total. The van der Waals surface area contributed by atoms with Gasteiger partial charge in [-0.1, -0.05) is 26.5 Å². The summed E-state index contributed by atoms with van der Waals surface area (Å²) >= 11 is 0. The Hall–Kier alpha value is -2.01. The van der Waals surface area contributed by atoms with Crippen LogP contribution in [0.5, 0.6) is 0 Å². The maximum absolute atomic E-state index is 13.3. The molecule has 0 aromatic heterocycles. The van der Waals surface area contributed by atoms with E-state index in [-0.39, 0.29) is 31.2 Å². The third kappa shape index (κ3) is 4.77. The van der Waals surface area contributed by atoms with Crippen LogP contribution in [0.15, 0.2) is 53.4 Å². The van der Waals surface area contributed by atoms with Crippen molar-refractivity contribution in [3.05, 3.63) is 59.9 Å². The minimum absolute atomic E-state index is 0. The monoisotopic (exact) mass is 470 g/mol.